The Morgan fingerprint density at radius 2 is 1.60 bits per heavy atom. The molecule has 0 saturated carbocycles. The third kappa shape index (κ3) is 22.4. The van der Waals surface area contributed by atoms with Crippen molar-refractivity contribution in [1.29, 1.82) is 0 Å². The van der Waals surface area contributed by atoms with Crippen molar-refractivity contribution in [2.45, 2.75) is 129 Å². The van der Waals surface area contributed by atoms with Crippen molar-refractivity contribution >= 4 is 61.2 Å². The maximum absolute atomic E-state index is 14.3. The van der Waals surface area contributed by atoms with Gasteiger partial charge in [0, 0.05) is 75.4 Å². The molecule has 0 bridgehead atoms. The number of thiol groups is 1. The summed E-state index contributed by atoms with van der Waals surface area (Å²) in [6.07, 6.45) is 4.70. The first-order valence-corrected chi connectivity index (χ1v) is 26.6. The molecule has 20 nitrogen and oxygen atoms in total. The normalized spacial score (nSPS) is 17.6. The van der Waals surface area contributed by atoms with E-state index in [1.54, 1.807) is 0 Å². The van der Waals surface area contributed by atoms with E-state index < -0.39 is 97.5 Å². The number of ether oxygens (including phenoxy) is 3. The van der Waals surface area contributed by atoms with E-state index >= 15 is 0 Å². The number of rotatable bonds is 36. The molecule has 1 saturated heterocycles. The Morgan fingerprint density at radius 3 is 2.23 bits per heavy atom. The van der Waals surface area contributed by atoms with Gasteiger partial charge in [0.25, 0.3) is 0 Å². The summed E-state index contributed by atoms with van der Waals surface area (Å²) in [6.45, 7) is 8.02. The Kier molecular flexibility index (Phi) is 26.7. The zero-order valence-electron chi connectivity index (χ0n) is 41.0. The lowest BCUT2D eigenvalue weighted by atomic mass is 9.88. The van der Waals surface area contributed by atoms with Crippen LogP contribution in [0.4, 0.5) is 0 Å². The van der Waals surface area contributed by atoms with E-state index in [0.717, 1.165) is 19.3 Å². The number of nitrogens with two attached hydrogens (primary N) is 2. The summed E-state index contributed by atoms with van der Waals surface area (Å²) in [4.78, 5) is 121. The summed E-state index contributed by atoms with van der Waals surface area (Å²) < 4.78 is 29.1. The third-order valence-electron chi connectivity index (χ3n) is 12.2. The minimum atomic E-state index is -4.53. The minimum Gasteiger partial charge on any atom is -0.379 e. The number of Topliss-reactive ketones (excluding diaryl/α,β-unsaturated/α-hetero) is 3. The molecule has 392 valence electrons. The lowest BCUT2D eigenvalue weighted by molar-refractivity contribution is -0.140. The average molecular weight is 1020 g/mol. The van der Waals surface area contributed by atoms with E-state index in [1.165, 1.54) is 36.8 Å². The largest absolute Gasteiger partial charge is 0.379 e. The number of likely N-dealkylation sites (tertiary alicyclic amines) is 1. The van der Waals surface area contributed by atoms with E-state index in [-0.39, 0.29) is 88.3 Å². The number of nitrogens with one attached hydrogen (secondary N) is 3. The molecule has 0 spiro atoms. The van der Waals surface area contributed by atoms with Gasteiger partial charge in [-0.1, -0.05) is 51.1 Å². The number of benzene rings is 1. The summed E-state index contributed by atoms with van der Waals surface area (Å²) in [5.41, 5.74) is 13.0. The first-order valence-electron chi connectivity index (χ1n) is 24.2. The predicted molar refractivity (Wildman–Crippen MR) is 264 cm³/mol. The Morgan fingerprint density at radius 1 is 0.900 bits per heavy atom. The highest BCUT2D eigenvalue weighted by Crippen LogP contribution is 2.39. The Balaban J connectivity index is 1.70. The average Bonchev–Trinajstić information content (AvgIpc) is 3.99. The topological polar surface area (TPSA) is 313 Å². The van der Waals surface area contributed by atoms with Crippen LogP contribution >= 0.6 is 20.2 Å². The SMILES string of the molecule is CC(C)C[C@H](NC(=O)C1C[C@@H](OCCCCc2ccccc2)CN1C(=O)CCOCCOCCCC(=O)[C@@H](N)CS)C(=O)C[C@@H](Cc1cnc[nH]1)C(=O)N[C@@H](C)C(=O)C[C@H](C(N)=O)[C@@H](C)CP(=O)(O)O. The molecule has 8 atom stereocenters. The molecule has 9 N–H and O–H groups in total. The van der Waals surface area contributed by atoms with Gasteiger partial charge in [0.1, 0.15) is 11.8 Å². The molecule has 2 aromatic rings. The van der Waals surface area contributed by atoms with E-state index in [9.17, 15) is 47.9 Å². The van der Waals surface area contributed by atoms with Crippen molar-refractivity contribution in [3.8, 4) is 0 Å². The molecule has 1 aromatic carbocycles. The maximum atomic E-state index is 14.3. The molecule has 4 amide bonds. The number of carbonyl (C=O) groups excluding carboxylic acids is 7. The van der Waals surface area contributed by atoms with Gasteiger partial charge >= 0.3 is 7.60 Å². The number of carbonyl (C=O) groups is 7. The molecule has 70 heavy (non-hydrogen) atoms. The van der Waals surface area contributed by atoms with Gasteiger partial charge in [0.2, 0.25) is 23.6 Å². The Hall–Kier alpha value is -4.34. The molecule has 1 fully saturated rings. The molecule has 1 unspecified atom stereocenters. The summed E-state index contributed by atoms with van der Waals surface area (Å²) in [5, 5.41) is 5.54. The van der Waals surface area contributed by atoms with Crippen molar-refractivity contribution in [1.82, 2.24) is 25.5 Å². The van der Waals surface area contributed by atoms with E-state index in [0.29, 0.717) is 25.3 Å². The van der Waals surface area contributed by atoms with Gasteiger partial charge in [0.05, 0.1) is 68.9 Å². The summed E-state index contributed by atoms with van der Waals surface area (Å²) in [6, 6.07) is 6.31. The zero-order chi connectivity index (χ0) is 51.8. The van der Waals surface area contributed by atoms with Crippen LogP contribution in [-0.4, -0.2) is 147 Å². The van der Waals surface area contributed by atoms with Crippen molar-refractivity contribution in [2.75, 3.05) is 51.5 Å². The summed E-state index contributed by atoms with van der Waals surface area (Å²) >= 11 is 4.05. The second-order valence-electron chi connectivity index (χ2n) is 18.6. The number of unbranched alkanes of at least 4 members (excludes halogenated alkanes) is 1. The maximum Gasteiger partial charge on any atom is 0.325 e. The Labute approximate surface area is 416 Å². The lowest BCUT2D eigenvalue weighted by Gasteiger charge is -2.28. The number of aromatic nitrogens is 2. The molecule has 3 rings (SSSR count). The smallest absolute Gasteiger partial charge is 0.325 e. The number of ketones is 3. The van der Waals surface area contributed by atoms with Crippen molar-refractivity contribution in [3.05, 3.63) is 54.1 Å². The van der Waals surface area contributed by atoms with Crippen LogP contribution in [0.1, 0.15) is 96.7 Å². The highest BCUT2D eigenvalue weighted by Gasteiger charge is 2.41. The second kappa shape index (κ2) is 31.2. The summed E-state index contributed by atoms with van der Waals surface area (Å²) in [5.74, 6) is -6.58. The first kappa shape index (κ1) is 60.0. The van der Waals surface area contributed by atoms with Gasteiger partial charge in [-0.2, -0.15) is 12.6 Å². The quantitative estimate of drug-likeness (QED) is 0.0276. The van der Waals surface area contributed by atoms with Crippen LogP contribution in [0, 0.1) is 23.7 Å². The van der Waals surface area contributed by atoms with E-state index in [1.807, 2.05) is 32.0 Å². The van der Waals surface area contributed by atoms with Crippen LogP contribution in [0.3, 0.4) is 0 Å². The number of aromatic amines is 1. The Bertz CT molecular complexity index is 2010. The number of hydrogen-bond acceptors (Lipinski definition) is 14. The van der Waals surface area contributed by atoms with Crippen LogP contribution in [0.2, 0.25) is 0 Å². The monoisotopic (exact) mass is 1020 g/mol. The number of nitrogens with zero attached hydrogens (tertiary/aromatic N) is 2. The highest BCUT2D eigenvalue weighted by molar-refractivity contribution is 7.80. The van der Waals surface area contributed by atoms with Gasteiger partial charge < -0.3 is 56.0 Å². The third-order valence-corrected chi connectivity index (χ3v) is 13.6. The molecule has 1 aliphatic rings. The van der Waals surface area contributed by atoms with E-state index in [4.69, 9.17) is 25.7 Å². The predicted octanol–water partition coefficient (Wildman–Crippen LogP) is 2.48. The zero-order valence-corrected chi connectivity index (χ0v) is 42.8. The van der Waals surface area contributed by atoms with Crippen LogP contribution < -0.4 is 22.1 Å². The molecule has 1 aromatic heterocycles. The van der Waals surface area contributed by atoms with Gasteiger partial charge in [-0.3, -0.25) is 38.1 Å². The van der Waals surface area contributed by atoms with Crippen molar-refractivity contribution in [3.63, 3.8) is 0 Å². The standard InChI is InChI=1S/C48H76N7O13PS/c1-31(2)21-40(44(58)23-35(22-36-26-51-30-52-36)47(61)53-33(4)43(57)25-38(46(50)60)32(3)28-69(63,64)65)54-48(62)41-24-37(68-17-9-8-13-34-11-6-5-7-12-34)27-55(41)45(59)15-18-67-20-19-66-16-10-14-42(56)39(49)29-70/h5-7,11-12,26,30-33,35,37-41,70H,8-10,13-25,27-29,49H2,1-4H3,(H2,50,60)(H,51,52)(H,53,61)(H,54,62)(H2,63,64,65)/t32-,33-,35+,37+,38-,39-,40-,41?/m0/s1. The fourth-order valence-electron chi connectivity index (χ4n) is 8.23. The van der Waals surface area contributed by atoms with Crippen LogP contribution in [0.5, 0.6) is 0 Å². The fourth-order valence-corrected chi connectivity index (χ4v) is 9.44. The molecule has 22 heteroatoms. The molecule has 0 aliphatic carbocycles. The fraction of sp³-hybridized carbons (Fsp3) is 0.667. The minimum absolute atomic E-state index is 0.0143. The second-order valence-corrected chi connectivity index (χ2v) is 20.7. The molecule has 0 radical (unpaired) electrons. The van der Waals surface area contributed by atoms with Gasteiger partial charge in [-0.15, -0.1) is 0 Å². The van der Waals surface area contributed by atoms with Crippen molar-refractivity contribution in [2.24, 2.45) is 35.1 Å². The van der Waals surface area contributed by atoms with Crippen molar-refractivity contribution < 1.29 is 62.1 Å². The van der Waals surface area contributed by atoms with Gasteiger partial charge in [-0.25, -0.2) is 4.98 Å². The number of hydrogen-bond donors (Lipinski definition) is 8. The summed E-state index contributed by atoms with van der Waals surface area (Å²) in [7, 11) is -4.53. The number of amides is 4. The van der Waals surface area contributed by atoms with Crippen LogP contribution in [0.15, 0.2) is 42.9 Å². The number of H-pyrrole nitrogens is 1. The lowest BCUT2D eigenvalue weighted by Crippen LogP contribution is -2.52. The van der Waals surface area contributed by atoms with Gasteiger partial charge in [-0.05, 0) is 56.4 Å². The molecule has 2 heterocycles. The highest BCUT2D eigenvalue weighted by atomic mass is 32.1. The molecule has 1 aliphatic heterocycles. The molecular formula is C48H76N7O13PS. The first-order chi connectivity index (χ1) is 33.2. The van der Waals surface area contributed by atoms with E-state index in [2.05, 4.69) is 45.4 Å². The number of imidazole rings is 1. The number of primary amides is 1. The van der Waals surface area contributed by atoms with Crippen LogP contribution in [-0.2, 0) is 65.2 Å². The van der Waals surface area contributed by atoms with Gasteiger partial charge in [0.15, 0.2) is 11.6 Å². The van der Waals surface area contributed by atoms with Crippen LogP contribution in [0.25, 0.3) is 0 Å². The number of aryl methyl sites for hydroxylation is 1. The molecular weight excluding hydrogens is 946 g/mol.